The molecule has 0 radical (unpaired) electrons. The van der Waals surface area contributed by atoms with E-state index in [-0.39, 0.29) is 5.78 Å². The highest BCUT2D eigenvalue weighted by atomic mass is 35.5. The van der Waals surface area contributed by atoms with E-state index in [1.807, 2.05) is 13.8 Å². The maximum atomic E-state index is 12.8. The molecule has 116 valence electrons. The topological polar surface area (TPSA) is 20.3 Å². The first-order valence-electron chi connectivity index (χ1n) is 7.63. The van der Waals surface area contributed by atoms with Crippen LogP contribution in [-0.4, -0.2) is 29.3 Å². The highest BCUT2D eigenvalue weighted by Crippen LogP contribution is 2.26. The summed E-state index contributed by atoms with van der Waals surface area (Å²) in [5, 5.41) is 1.23. The molecule has 0 aromatic heterocycles. The highest BCUT2D eigenvalue weighted by Gasteiger charge is 2.34. The number of hydrogen-bond donors (Lipinski definition) is 0. The summed E-state index contributed by atoms with van der Waals surface area (Å²) >= 11 is 12.2. The first kappa shape index (κ1) is 16.8. The lowest BCUT2D eigenvalue weighted by Gasteiger charge is -2.36. The van der Waals surface area contributed by atoms with Crippen LogP contribution in [0.2, 0.25) is 10.0 Å². The van der Waals surface area contributed by atoms with E-state index in [1.165, 1.54) is 25.7 Å². The van der Waals surface area contributed by atoms with E-state index in [9.17, 15) is 4.79 Å². The van der Waals surface area contributed by atoms with Crippen LogP contribution in [0.3, 0.4) is 0 Å². The number of halogens is 2. The Bertz CT molecular complexity index is 506. The van der Waals surface area contributed by atoms with Crippen molar-refractivity contribution in [1.29, 1.82) is 0 Å². The first-order valence-corrected chi connectivity index (χ1v) is 8.39. The molecule has 1 aliphatic heterocycles. The van der Waals surface area contributed by atoms with Gasteiger partial charge < -0.3 is 0 Å². The zero-order valence-electron chi connectivity index (χ0n) is 12.8. The van der Waals surface area contributed by atoms with Gasteiger partial charge in [-0.3, -0.25) is 9.69 Å². The molecule has 1 heterocycles. The second-order valence-electron chi connectivity index (χ2n) is 6.30. The zero-order chi connectivity index (χ0) is 15.5. The summed E-state index contributed by atoms with van der Waals surface area (Å²) in [5.41, 5.74) is 0.368. The molecule has 2 rings (SSSR count). The largest absolute Gasteiger partial charge is 0.297 e. The minimum atomic E-state index is -0.448. The van der Waals surface area contributed by atoms with E-state index in [4.69, 9.17) is 23.2 Å². The molecule has 21 heavy (non-hydrogen) atoms. The van der Waals surface area contributed by atoms with E-state index in [0.717, 1.165) is 18.7 Å². The maximum absolute atomic E-state index is 12.8. The quantitative estimate of drug-likeness (QED) is 0.794. The van der Waals surface area contributed by atoms with Crippen molar-refractivity contribution in [1.82, 2.24) is 4.90 Å². The molecule has 1 saturated heterocycles. The Balaban J connectivity index is 2.11. The minimum absolute atomic E-state index is 0.202. The number of likely N-dealkylation sites (tertiary alicyclic amines) is 1. The lowest BCUT2D eigenvalue weighted by molar-refractivity contribution is -0.128. The third-order valence-electron chi connectivity index (χ3n) is 4.44. The van der Waals surface area contributed by atoms with E-state index in [1.54, 1.807) is 18.2 Å². The van der Waals surface area contributed by atoms with Crippen LogP contribution >= 0.6 is 23.2 Å². The van der Waals surface area contributed by atoms with E-state index in [0.29, 0.717) is 16.5 Å². The summed E-state index contributed by atoms with van der Waals surface area (Å²) in [6.07, 6.45) is 5.22. The van der Waals surface area contributed by atoms with Crippen LogP contribution in [0, 0.1) is 0 Å². The number of carbonyl (C=O) groups is 1. The summed E-state index contributed by atoms with van der Waals surface area (Å²) < 4.78 is 0. The van der Waals surface area contributed by atoms with Crippen LogP contribution in [0.4, 0.5) is 0 Å². The van der Waals surface area contributed by atoms with Gasteiger partial charge in [0.15, 0.2) is 5.78 Å². The van der Waals surface area contributed by atoms with Gasteiger partial charge in [-0.05, 0) is 63.5 Å². The summed E-state index contributed by atoms with van der Waals surface area (Å²) in [4.78, 5) is 15.1. The number of Topliss-reactive ketones (excluding diaryl/α,β-unsaturated/α-hetero) is 1. The molecule has 1 aromatic rings. The molecule has 0 bridgehead atoms. The van der Waals surface area contributed by atoms with Crippen molar-refractivity contribution in [2.45, 2.75) is 51.5 Å². The smallest absolute Gasteiger partial charge is 0.156 e. The van der Waals surface area contributed by atoms with Crippen molar-refractivity contribution in [3.8, 4) is 0 Å². The van der Waals surface area contributed by atoms with Gasteiger partial charge in [-0.1, -0.05) is 36.0 Å². The summed E-state index contributed by atoms with van der Waals surface area (Å²) in [5.74, 6) is 0.202. The zero-order valence-corrected chi connectivity index (χ0v) is 14.3. The third-order valence-corrected chi connectivity index (χ3v) is 5.04. The molecule has 1 aromatic carbocycles. The van der Waals surface area contributed by atoms with Gasteiger partial charge in [0.25, 0.3) is 0 Å². The van der Waals surface area contributed by atoms with Crippen molar-refractivity contribution >= 4 is 29.0 Å². The summed E-state index contributed by atoms with van der Waals surface area (Å²) in [6.45, 7) is 6.06. The van der Waals surface area contributed by atoms with Crippen LogP contribution in [0.5, 0.6) is 0 Å². The second-order valence-corrected chi connectivity index (χ2v) is 7.14. The molecular weight excluding hydrogens is 305 g/mol. The van der Waals surface area contributed by atoms with Crippen molar-refractivity contribution < 1.29 is 4.79 Å². The van der Waals surface area contributed by atoms with Gasteiger partial charge in [0.05, 0.1) is 5.54 Å². The van der Waals surface area contributed by atoms with Crippen LogP contribution in [0.15, 0.2) is 18.2 Å². The highest BCUT2D eigenvalue weighted by molar-refractivity contribution is 6.33. The summed E-state index contributed by atoms with van der Waals surface area (Å²) in [6, 6.07) is 5.30. The Kier molecular flexibility index (Phi) is 5.70. The first-order chi connectivity index (χ1) is 9.91. The number of rotatable bonds is 4. The monoisotopic (exact) mass is 327 g/mol. The predicted octanol–water partition coefficient (Wildman–Crippen LogP) is 4.76. The number of hydrogen-bond acceptors (Lipinski definition) is 2. The average molecular weight is 328 g/mol. The molecule has 0 spiro atoms. The van der Waals surface area contributed by atoms with Crippen LogP contribution < -0.4 is 0 Å². The SMILES string of the molecule is CC(C)(C(=O)Cc1cc(Cl)ccc1Cl)N1CCCCCC1. The minimum Gasteiger partial charge on any atom is -0.297 e. The van der Waals surface area contributed by atoms with E-state index < -0.39 is 5.54 Å². The maximum Gasteiger partial charge on any atom is 0.156 e. The fraction of sp³-hybridized carbons (Fsp3) is 0.588. The molecule has 0 aliphatic carbocycles. The van der Waals surface area contributed by atoms with Crippen molar-refractivity contribution in [3.05, 3.63) is 33.8 Å². The molecule has 4 heteroatoms. The van der Waals surface area contributed by atoms with Crippen molar-refractivity contribution in [2.24, 2.45) is 0 Å². The second kappa shape index (κ2) is 7.13. The Morgan fingerprint density at radius 3 is 2.38 bits per heavy atom. The third kappa shape index (κ3) is 4.21. The van der Waals surface area contributed by atoms with Crippen LogP contribution in [-0.2, 0) is 11.2 Å². The average Bonchev–Trinajstić information content (AvgIpc) is 2.72. The van der Waals surface area contributed by atoms with E-state index in [2.05, 4.69) is 4.90 Å². The number of nitrogens with zero attached hydrogens (tertiary/aromatic N) is 1. The van der Waals surface area contributed by atoms with Gasteiger partial charge in [-0.15, -0.1) is 0 Å². The predicted molar refractivity (Wildman–Crippen MR) is 89.3 cm³/mol. The molecular formula is C17H23Cl2NO. The molecule has 2 nitrogen and oxygen atoms in total. The van der Waals surface area contributed by atoms with Gasteiger partial charge in [0.1, 0.15) is 0 Å². The number of carbonyl (C=O) groups excluding carboxylic acids is 1. The fourth-order valence-corrected chi connectivity index (χ4v) is 3.25. The Morgan fingerprint density at radius 2 is 1.76 bits per heavy atom. The van der Waals surface area contributed by atoms with Crippen LogP contribution in [0.25, 0.3) is 0 Å². The van der Waals surface area contributed by atoms with Crippen molar-refractivity contribution in [2.75, 3.05) is 13.1 Å². The van der Waals surface area contributed by atoms with E-state index >= 15 is 0 Å². The number of benzene rings is 1. The Hall–Kier alpha value is -0.570. The lowest BCUT2D eigenvalue weighted by atomic mass is 9.91. The number of ketones is 1. The molecule has 1 fully saturated rings. The van der Waals surface area contributed by atoms with Gasteiger partial charge >= 0.3 is 0 Å². The molecule has 0 N–H and O–H groups in total. The Labute approximate surface area is 137 Å². The van der Waals surface area contributed by atoms with Gasteiger partial charge in [-0.25, -0.2) is 0 Å². The molecule has 1 aliphatic rings. The summed E-state index contributed by atoms with van der Waals surface area (Å²) in [7, 11) is 0. The van der Waals surface area contributed by atoms with Gasteiger partial charge in [0, 0.05) is 16.5 Å². The van der Waals surface area contributed by atoms with Gasteiger partial charge in [0.2, 0.25) is 0 Å². The van der Waals surface area contributed by atoms with Crippen molar-refractivity contribution in [3.63, 3.8) is 0 Å². The van der Waals surface area contributed by atoms with Gasteiger partial charge in [-0.2, -0.15) is 0 Å². The van der Waals surface area contributed by atoms with Crippen LogP contribution in [0.1, 0.15) is 45.1 Å². The molecule has 0 unspecified atom stereocenters. The fourth-order valence-electron chi connectivity index (χ4n) is 2.87. The molecule has 0 amide bonds. The molecule has 0 atom stereocenters. The standard InChI is InChI=1S/C17H23Cl2NO/c1-17(2,20-9-5-3-4-6-10-20)16(21)12-13-11-14(18)7-8-15(13)19/h7-8,11H,3-6,9-10,12H2,1-2H3. The lowest BCUT2D eigenvalue weighted by Crippen LogP contribution is -2.51. The Morgan fingerprint density at radius 1 is 1.14 bits per heavy atom. The molecule has 0 saturated carbocycles. The normalized spacial score (nSPS) is 17.5.